The Kier molecular flexibility index (Phi) is 4.63. The zero-order valence-electron chi connectivity index (χ0n) is 12.8. The fraction of sp³-hybridized carbons (Fsp3) is 0.438. The second-order valence-electron chi connectivity index (χ2n) is 5.59. The highest BCUT2D eigenvalue weighted by molar-refractivity contribution is 7.99. The van der Waals surface area contributed by atoms with E-state index >= 15 is 0 Å². The van der Waals surface area contributed by atoms with E-state index in [1.54, 1.807) is 12.1 Å². The second-order valence-corrected chi connectivity index (χ2v) is 6.72. The van der Waals surface area contributed by atoms with Crippen molar-refractivity contribution in [3.63, 3.8) is 0 Å². The quantitative estimate of drug-likeness (QED) is 0.781. The normalized spacial score (nSPS) is 27.9. The molecule has 6 nitrogen and oxygen atoms in total. The van der Waals surface area contributed by atoms with Gasteiger partial charge in [0, 0.05) is 11.3 Å². The van der Waals surface area contributed by atoms with Crippen LogP contribution in [0.3, 0.4) is 0 Å². The number of nitrogens with zero attached hydrogens (tertiary/aromatic N) is 1. The van der Waals surface area contributed by atoms with Crippen molar-refractivity contribution in [1.29, 1.82) is 0 Å². The molecule has 1 aliphatic heterocycles. The maximum atomic E-state index is 9.97. The largest absolute Gasteiger partial charge is 0.477 e. The number of ether oxygens (including phenoxy) is 1. The lowest BCUT2D eigenvalue weighted by Crippen LogP contribution is -2.50. The number of rotatable bonds is 3. The lowest BCUT2D eigenvalue weighted by Gasteiger charge is -2.34. The van der Waals surface area contributed by atoms with E-state index in [1.807, 2.05) is 26.0 Å². The van der Waals surface area contributed by atoms with Crippen LogP contribution in [0.4, 0.5) is 0 Å². The molecular formula is C16H19NO5S. The first-order valence-electron chi connectivity index (χ1n) is 7.33. The number of benzene rings is 1. The molecule has 1 saturated heterocycles. The van der Waals surface area contributed by atoms with E-state index in [-0.39, 0.29) is 0 Å². The van der Waals surface area contributed by atoms with E-state index < -0.39 is 23.7 Å². The summed E-state index contributed by atoms with van der Waals surface area (Å²) in [5.74, 6) is 1.66. The molecule has 2 heterocycles. The van der Waals surface area contributed by atoms with Crippen molar-refractivity contribution in [3.05, 3.63) is 35.7 Å². The molecule has 3 rings (SSSR count). The summed E-state index contributed by atoms with van der Waals surface area (Å²) in [5, 5.41) is 33.1. The Morgan fingerprint density at radius 3 is 2.43 bits per heavy atom. The Bertz CT molecular complexity index is 652. The molecule has 23 heavy (non-hydrogen) atoms. The molecule has 7 heteroatoms. The predicted molar refractivity (Wildman–Crippen MR) is 86.3 cm³/mol. The van der Waals surface area contributed by atoms with E-state index in [0.29, 0.717) is 11.5 Å². The van der Waals surface area contributed by atoms with Crippen LogP contribution in [0.5, 0.6) is 5.75 Å². The number of aryl methyl sites for hydroxylation is 2. The SMILES string of the molecule is Cc1noc(C)c1-c1ccc(O[C@@H]2SC[C@@H](O)[C@H](O)[C@H]2O)cc1. The molecule has 0 saturated carbocycles. The third kappa shape index (κ3) is 3.23. The topological polar surface area (TPSA) is 96.0 Å². The van der Waals surface area contributed by atoms with Gasteiger partial charge in [-0.15, -0.1) is 11.8 Å². The monoisotopic (exact) mass is 337 g/mol. The Balaban J connectivity index is 1.73. The molecule has 0 spiro atoms. The molecule has 0 bridgehead atoms. The molecule has 1 fully saturated rings. The Morgan fingerprint density at radius 2 is 1.83 bits per heavy atom. The van der Waals surface area contributed by atoms with E-state index in [0.717, 1.165) is 22.6 Å². The van der Waals surface area contributed by atoms with Crippen molar-refractivity contribution in [3.8, 4) is 16.9 Å². The average Bonchev–Trinajstić information content (AvgIpc) is 2.88. The van der Waals surface area contributed by atoms with E-state index in [9.17, 15) is 15.3 Å². The standard InChI is InChI=1S/C16H19NO5S/c1-8-13(9(2)22-17-8)10-3-5-11(6-4-10)21-16-15(20)14(19)12(18)7-23-16/h3-6,12,14-16,18-20H,7H2,1-2H3/t12-,14+,15-,16-/m1/s1. The van der Waals surface area contributed by atoms with Gasteiger partial charge in [0.05, 0.1) is 11.8 Å². The summed E-state index contributed by atoms with van der Waals surface area (Å²) in [7, 11) is 0. The molecule has 1 aromatic carbocycles. The van der Waals surface area contributed by atoms with Crippen LogP contribution in [-0.2, 0) is 0 Å². The molecule has 4 atom stereocenters. The van der Waals surface area contributed by atoms with Gasteiger partial charge in [-0.25, -0.2) is 0 Å². The highest BCUT2D eigenvalue weighted by Crippen LogP contribution is 2.31. The van der Waals surface area contributed by atoms with E-state index in [1.165, 1.54) is 11.8 Å². The molecule has 2 aromatic rings. The summed E-state index contributed by atoms with van der Waals surface area (Å²) >= 11 is 1.28. The summed E-state index contributed by atoms with van der Waals surface area (Å²) in [6.07, 6.45) is -3.26. The first kappa shape index (κ1) is 16.3. The molecule has 3 N–H and O–H groups in total. The lowest BCUT2D eigenvalue weighted by atomic mass is 10.0. The molecule has 1 aromatic heterocycles. The van der Waals surface area contributed by atoms with Crippen LogP contribution < -0.4 is 4.74 Å². The van der Waals surface area contributed by atoms with Crippen LogP contribution >= 0.6 is 11.8 Å². The fourth-order valence-corrected chi connectivity index (χ4v) is 3.73. The summed E-state index contributed by atoms with van der Waals surface area (Å²) in [4.78, 5) is 0. The van der Waals surface area contributed by atoms with Crippen molar-refractivity contribution in [1.82, 2.24) is 5.16 Å². The number of hydrogen-bond donors (Lipinski definition) is 3. The minimum atomic E-state index is -1.19. The van der Waals surface area contributed by atoms with Crippen LogP contribution in [0.2, 0.25) is 0 Å². The third-order valence-corrected chi connectivity index (χ3v) is 5.12. The smallest absolute Gasteiger partial charge is 0.173 e. The number of aliphatic hydroxyl groups excluding tert-OH is 3. The van der Waals surface area contributed by atoms with Gasteiger partial charge >= 0.3 is 0 Å². The Morgan fingerprint density at radius 1 is 1.13 bits per heavy atom. The minimum Gasteiger partial charge on any atom is -0.477 e. The summed E-state index contributed by atoms with van der Waals surface area (Å²) in [5.41, 5.74) is 2.15. The van der Waals surface area contributed by atoms with Crippen LogP contribution in [0.15, 0.2) is 28.8 Å². The summed E-state index contributed by atoms with van der Waals surface area (Å²) in [6.45, 7) is 3.75. The van der Waals surface area contributed by atoms with Gasteiger partial charge in [0.2, 0.25) is 0 Å². The van der Waals surface area contributed by atoms with Gasteiger partial charge in [0.1, 0.15) is 23.7 Å². The number of aromatic nitrogens is 1. The predicted octanol–water partition coefficient (Wildman–Crippen LogP) is 1.49. The maximum absolute atomic E-state index is 9.97. The lowest BCUT2D eigenvalue weighted by molar-refractivity contribution is -0.0786. The maximum Gasteiger partial charge on any atom is 0.173 e. The Labute approximate surface area is 138 Å². The minimum absolute atomic E-state index is 0.319. The first-order chi connectivity index (χ1) is 11.0. The molecule has 0 aliphatic carbocycles. The van der Waals surface area contributed by atoms with Gasteiger partial charge in [0.15, 0.2) is 5.44 Å². The van der Waals surface area contributed by atoms with E-state index in [4.69, 9.17) is 9.26 Å². The van der Waals surface area contributed by atoms with Crippen molar-refractivity contribution >= 4 is 11.8 Å². The zero-order valence-corrected chi connectivity index (χ0v) is 13.7. The molecule has 124 valence electrons. The van der Waals surface area contributed by atoms with Crippen molar-refractivity contribution in [2.24, 2.45) is 0 Å². The van der Waals surface area contributed by atoms with Gasteiger partial charge in [-0.2, -0.15) is 0 Å². The summed E-state index contributed by atoms with van der Waals surface area (Å²) < 4.78 is 10.9. The van der Waals surface area contributed by atoms with E-state index in [2.05, 4.69) is 5.16 Å². The van der Waals surface area contributed by atoms with Gasteiger partial charge in [-0.3, -0.25) is 0 Å². The fourth-order valence-electron chi connectivity index (χ4n) is 2.61. The molecule has 0 amide bonds. The summed E-state index contributed by atoms with van der Waals surface area (Å²) in [6, 6.07) is 7.39. The molecular weight excluding hydrogens is 318 g/mol. The van der Waals surface area contributed by atoms with Crippen LogP contribution in [-0.4, -0.2) is 50.0 Å². The second kappa shape index (κ2) is 6.52. The third-order valence-electron chi connectivity index (χ3n) is 3.88. The van der Waals surface area contributed by atoms with Crippen molar-refractivity contribution in [2.75, 3.05) is 5.75 Å². The van der Waals surface area contributed by atoms with Gasteiger partial charge in [-0.1, -0.05) is 17.3 Å². The highest BCUT2D eigenvalue weighted by Gasteiger charge is 2.38. The van der Waals surface area contributed by atoms with Crippen LogP contribution in [0, 0.1) is 13.8 Å². The van der Waals surface area contributed by atoms with Gasteiger partial charge in [0.25, 0.3) is 0 Å². The molecule has 0 unspecified atom stereocenters. The highest BCUT2D eigenvalue weighted by atomic mass is 32.2. The van der Waals surface area contributed by atoms with Crippen LogP contribution in [0.25, 0.3) is 11.1 Å². The van der Waals surface area contributed by atoms with Crippen molar-refractivity contribution < 1.29 is 24.6 Å². The Hall–Kier alpha value is -1.54. The van der Waals surface area contributed by atoms with Gasteiger partial charge < -0.3 is 24.6 Å². The molecule has 1 aliphatic rings. The number of hydrogen-bond acceptors (Lipinski definition) is 7. The average molecular weight is 337 g/mol. The van der Waals surface area contributed by atoms with Gasteiger partial charge in [-0.05, 0) is 31.5 Å². The number of thioether (sulfide) groups is 1. The first-order valence-corrected chi connectivity index (χ1v) is 8.38. The number of aliphatic hydroxyl groups is 3. The molecule has 0 radical (unpaired) electrons. The van der Waals surface area contributed by atoms with Crippen LogP contribution in [0.1, 0.15) is 11.5 Å². The van der Waals surface area contributed by atoms with Crippen molar-refractivity contribution in [2.45, 2.75) is 37.6 Å². The zero-order chi connectivity index (χ0) is 16.6.